The zero-order valence-electron chi connectivity index (χ0n) is 14.2. The average molecular weight is 324 g/mol. The van der Waals surface area contributed by atoms with Crippen LogP contribution in [-0.4, -0.2) is 48.7 Å². The fraction of sp³-hybridized carbons (Fsp3) is 0.529. The van der Waals surface area contributed by atoms with Crippen LogP contribution < -0.4 is 0 Å². The highest BCUT2D eigenvalue weighted by molar-refractivity contribution is 6.25. The van der Waals surface area contributed by atoms with Gasteiger partial charge in [-0.1, -0.05) is 18.2 Å². The van der Waals surface area contributed by atoms with Gasteiger partial charge in [0.15, 0.2) is 11.4 Å². The summed E-state index contributed by atoms with van der Waals surface area (Å²) in [7, 11) is 2.84. The first-order valence-corrected chi connectivity index (χ1v) is 7.37. The van der Waals surface area contributed by atoms with E-state index in [4.69, 9.17) is 19.3 Å². The maximum absolute atomic E-state index is 12.6. The molecule has 6 nitrogen and oxygen atoms in total. The lowest BCUT2D eigenvalue weighted by atomic mass is 9.93. The van der Waals surface area contributed by atoms with Gasteiger partial charge in [0.25, 0.3) is 5.95 Å². The van der Waals surface area contributed by atoms with Crippen LogP contribution in [0, 0.1) is 0 Å². The molecule has 0 fully saturated rings. The minimum atomic E-state index is -1.31. The summed E-state index contributed by atoms with van der Waals surface area (Å²) in [5, 5.41) is 9.16. The predicted octanol–water partition coefficient (Wildman–Crippen LogP) is 1.69. The van der Waals surface area contributed by atoms with E-state index in [2.05, 4.69) is 0 Å². The maximum Gasteiger partial charge on any atom is 0.295 e. The summed E-state index contributed by atoms with van der Waals surface area (Å²) < 4.78 is 15.6. The van der Waals surface area contributed by atoms with Gasteiger partial charge in [-0.15, -0.1) is 0 Å². The van der Waals surface area contributed by atoms with Crippen molar-refractivity contribution in [2.45, 2.75) is 45.0 Å². The van der Waals surface area contributed by atoms with Crippen LogP contribution in [0.5, 0.6) is 0 Å². The maximum atomic E-state index is 12.6. The van der Waals surface area contributed by atoms with Crippen LogP contribution in [0.1, 0.15) is 27.2 Å². The third-order valence-corrected chi connectivity index (χ3v) is 3.44. The lowest BCUT2D eigenvalue weighted by Crippen LogP contribution is -2.33. The van der Waals surface area contributed by atoms with E-state index in [1.54, 1.807) is 39.0 Å². The normalized spacial score (nSPS) is 24.3. The molecule has 0 saturated heterocycles. The van der Waals surface area contributed by atoms with E-state index in [9.17, 15) is 9.59 Å². The largest absolute Gasteiger partial charge is 0.468 e. The number of rotatable bonds is 8. The van der Waals surface area contributed by atoms with Gasteiger partial charge < -0.3 is 19.3 Å². The van der Waals surface area contributed by atoms with Gasteiger partial charge >= 0.3 is 0 Å². The van der Waals surface area contributed by atoms with Crippen molar-refractivity contribution in [2.75, 3.05) is 14.2 Å². The Morgan fingerprint density at radius 2 is 2.00 bits per heavy atom. The van der Waals surface area contributed by atoms with Gasteiger partial charge in [-0.05, 0) is 26.8 Å². The molecule has 0 spiro atoms. The van der Waals surface area contributed by atoms with Crippen molar-refractivity contribution in [3.63, 3.8) is 0 Å². The van der Waals surface area contributed by atoms with Crippen LogP contribution in [0.3, 0.4) is 0 Å². The molecule has 0 amide bonds. The third-order valence-electron chi connectivity index (χ3n) is 3.44. The standard InChI is InChI=1S/C17H24O6/c1-11(18)8-6-7-9-17(3)15(20)14(16(22-5)23-17)13(19)10-12(2)21-4/h6-9,11-12,18H,10H2,1-5H3/b8-6+,9-7+/t11-,12+,17-/m0/s1. The third kappa shape index (κ3) is 4.77. The molecule has 6 heteroatoms. The van der Waals surface area contributed by atoms with Crippen LogP contribution in [0.15, 0.2) is 35.8 Å². The van der Waals surface area contributed by atoms with Crippen molar-refractivity contribution in [3.05, 3.63) is 35.8 Å². The molecule has 0 aromatic rings. The minimum Gasteiger partial charge on any atom is -0.468 e. The molecular formula is C17H24O6. The number of hydrogen-bond donors (Lipinski definition) is 1. The second kappa shape index (κ2) is 8.08. The van der Waals surface area contributed by atoms with Crippen LogP contribution >= 0.6 is 0 Å². The summed E-state index contributed by atoms with van der Waals surface area (Å²) >= 11 is 0. The monoisotopic (exact) mass is 324 g/mol. The zero-order chi connectivity index (χ0) is 17.6. The molecule has 0 aliphatic carbocycles. The molecule has 0 bridgehead atoms. The molecule has 0 aromatic heterocycles. The zero-order valence-corrected chi connectivity index (χ0v) is 14.2. The first-order chi connectivity index (χ1) is 10.7. The van der Waals surface area contributed by atoms with Gasteiger partial charge in [0.2, 0.25) is 5.78 Å². The van der Waals surface area contributed by atoms with Crippen LogP contribution in [0.2, 0.25) is 0 Å². The molecule has 23 heavy (non-hydrogen) atoms. The quantitative estimate of drug-likeness (QED) is 0.540. The van der Waals surface area contributed by atoms with Gasteiger partial charge in [-0.25, -0.2) is 0 Å². The fourth-order valence-electron chi connectivity index (χ4n) is 2.04. The topological polar surface area (TPSA) is 82.1 Å². The highest BCUT2D eigenvalue weighted by Crippen LogP contribution is 2.33. The number of Topliss-reactive ketones (excluding diaryl/α,β-unsaturated/α-hetero) is 2. The van der Waals surface area contributed by atoms with Crippen molar-refractivity contribution >= 4 is 11.6 Å². The molecule has 1 rings (SSSR count). The number of methoxy groups -OCH3 is 2. The van der Waals surface area contributed by atoms with E-state index in [0.717, 1.165) is 0 Å². The summed E-state index contributed by atoms with van der Waals surface area (Å²) in [4.78, 5) is 24.9. The van der Waals surface area contributed by atoms with E-state index >= 15 is 0 Å². The number of ketones is 2. The highest BCUT2D eigenvalue weighted by Gasteiger charge is 2.47. The Bertz CT molecular complexity index is 543. The van der Waals surface area contributed by atoms with E-state index in [1.807, 2.05) is 0 Å². The highest BCUT2D eigenvalue weighted by atomic mass is 16.7. The van der Waals surface area contributed by atoms with Gasteiger partial charge in [-0.2, -0.15) is 0 Å². The van der Waals surface area contributed by atoms with E-state index in [1.165, 1.54) is 20.3 Å². The number of hydrogen-bond acceptors (Lipinski definition) is 6. The fourth-order valence-corrected chi connectivity index (χ4v) is 2.04. The molecule has 128 valence electrons. The molecule has 1 heterocycles. The second-order valence-corrected chi connectivity index (χ2v) is 5.56. The summed E-state index contributed by atoms with van der Waals surface area (Å²) in [6, 6.07) is 0. The molecule has 0 aromatic carbocycles. The van der Waals surface area contributed by atoms with Gasteiger partial charge in [-0.3, -0.25) is 9.59 Å². The Balaban J connectivity index is 2.96. The Morgan fingerprint density at radius 1 is 1.35 bits per heavy atom. The number of aliphatic hydroxyl groups excluding tert-OH is 1. The number of carbonyl (C=O) groups is 2. The number of carbonyl (C=O) groups excluding carboxylic acids is 2. The van der Waals surface area contributed by atoms with Crippen molar-refractivity contribution in [3.8, 4) is 0 Å². The van der Waals surface area contributed by atoms with Crippen LogP contribution in [0.4, 0.5) is 0 Å². The van der Waals surface area contributed by atoms with Crippen LogP contribution in [0.25, 0.3) is 0 Å². The summed E-state index contributed by atoms with van der Waals surface area (Å²) in [5.41, 5.74) is -1.39. The molecule has 0 radical (unpaired) electrons. The molecular weight excluding hydrogens is 300 g/mol. The minimum absolute atomic E-state index is 0.0650. The smallest absolute Gasteiger partial charge is 0.295 e. The molecule has 0 saturated carbocycles. The predicted molar refractivity (Wildman–Crippen MR) is 84.6 cm³/mol. The van der Waals surface area contributed by atoms with E-state index in [-0.39, 0.29) is 29.8 Å². The Kier molecular flexibility index (Phi) is 6.72. The molecule has 1 N–H and O–H groups in total. The van der Waals surface area contributed by atoms with Gasteiger partial charge in [0, 0.05) is 13.5 Å². The van der Waals surface area contributed by atoms with Crippen molar-refractivity contribution in [1.82, 2.24) is 0 Å². The number of aliphatic hydroxyl groups is 1. The summed E-state index contributed by atoms with van der Waals surface area (Å²) in [6.45, 7) is 4.91. The van der Waals surface area contributed by atoms with Gasteiger partial charge in [0.05, 0.1) is 19.3 Å². The molecule has 3 atom stereocenters. The van der Waals surface area contributed by atoms with E-state index < -0.39 is 17.5 Å². The first-order valence-electron chi connectivity index (χ1n) is 7.37. The van der Waals surface area contributed by atoms with E-state index in [0.29, 0.717) is 0 Å². The van der Waals surface area contributed by atoms with Crippen molar-refractivity contribution in [1.29, 1.82) is 0 Å². The van der Waals surface area contributed by atoms with Gasteiger partial charge in [0.1, 0.15) is 5.57 Å². The molecule has 0 unspecified atom stereocenters. The number of ether oxygens (including phenoxy) is 3. The van der Waals surface area contributed by atoms with Crippen LogP contribution in [-0.2, 0) is 23.8 Å². The molecule has 1 aliphatic rings. The van der Waals surface area contributed by atoms with Crippen molar-refractivity contribution < 1.29 is 28.9 Å². The molecule has 1 aliphatic heterocycles. The summed E-state index contributed by atoms with van der Waals surface area (Å²) in [5.74, 6) is -0.905. The lowest BCUT2D eigenvalue weighted by molar-refractivity contribution is -0.128. The lowest BCUT2D eigenvalue weighted by Gasteiger charge is -2.18. The summed E-state index contributed by atoms with van der Waals surface area (Å²) in [6.07, 6.45) is 5.43. The Hall–Kier alpha value is -1.92. The van der Waals surface area contributed by atoms with Crippen molar-refractivity contribution in [2.24, 2.45) is 0 Å². The Morgan fingerprint density at radius 3 is 2.52 bits per heavy atom. The average Bonchev–Trinajstić information content (AvgIpc) is 2.75. The SMILES string of the molecule is COC1=C(C(=O)C[C@@H](C)OC)C(=O)[C@](C)(/C=C/C=C/[C@H](C)O)O1. The number of allylic oxidation sites excluding steroid dienone is 2. The second-order valence-electron chi connectivity index (χ2n) is 5.56. The first kappa shape index (κ1) is 19.1. The Labute approximate surface area is 136 Å².